The maximum Gasteiger partial charge on any atom is 0.416 e. The normalized spacial score (nSPS) is 12.5. The van der Waals surface area contributed by atoms with Crippen LogP contribution in [0.25, 0.3) is 0 Å². The number of nitrogens with zero attached hydrogens (tertiary/aromatic N) is 1. The Balaban J connectivity index is 2.35. The molecule has 0 aliphatic heterocycles. The van der Waals surface area contributed by atoms with Crippen LogP contribution in [0.4, 0.5) is 18.9 Å². The summed E-state index contributed by atoms with van der Waals surface area (Å²) in [6.07, 6.45) is -3.22. The zero-order chi connectivity index (χ0) is 18.7. The molecule has 3 nitrogen and oxygen atoms in total. The number of hydrogen-bond acceptors (Lipinski definition) is 2. The summed E-state index contributed by atoms with van der Waals surface area (Å²) in [5.41, 5.74) is -0.914. The minimum atomic E-state index is -4.45. The van der Waals surface area contributed by atoms with Gasteiger partial charge in [0.2, 0.25) is 5.69 Å². The Hall–Kier alpha value is -2.78. The molecule has 0 aliphatic carbocycles. The van der Waals surface area contributed by atoms with Crippen LogP contribution in [0.1, 0.15) is 30.5 Å². The van der Waals surface area contributed by atoms with Crippen molar-refractivity contribution < 1.29 is 23.0 Å². The van der Waals surface area contributed by atoms with Gasteiger partial charge in [0.25, 0.3) is 0 Å². The summed E-state index contributed by atoms with van der Waals surface area (Å²) in [6, 6.07) is 10.7. The highest BCUT2D eigenvalue weighted by molar-refractivity contribution is 5.81. The van der Waals surface area contributed by atoms with Gasteiger partial charge in [0.1, 0.15) is 5.60 Å². The summed E-state index contributed by atoms with van der Waals surface area (Å²) in [4.78, 5) is 0. The molecule has 2 aromatic carbocycles. The molecule has 0 fully saturated rings. The van der Waals surface area contributed by atoms with Gasteiger partial charge in [-0.25, -0.2) is 0 Å². The average molecular weight is 347 g/mol. The molecular formula is C19H16F3NO2. The third-order valence-corrected chi connectivity index (χ3v) is 3.17. The molecule has 130 valence electrons. The van der Waals surface area contributed by atoms with E-state index in [0.717, 1.165) is 24.3 Å². The molecule has 0 radical (unpaired) electrons. The van der Waals surface area contributed by atoms with Crippen LogP contribution in [0.5, 0.6) is 0 Å². The van der Waals surface area contributed by atoms with Gasteiger partial charge in [-0.1, -0.05) is 24.0 Å². The fraction of sp³-hybridized carbons (Fsp3) is 0.211. The molecule has 25 heavy (non-hydrogen) atoms. The van der Waals surface area contributed by atoms with Crippen molar-refractivity contribution in [3.05, 3.63) is 70.4 Å². The van der Waals surface area contributed by atoms with E-state index in [1.54, 1.807) is 24.3 Å². The van der Waals surface area contributed by atoms with E-state index in [1.165, 1.54) is 20.1 Å². The van der Waals surface area contributed by atoms with Crippen LogP contribution >= 0.6 is 0 Å². The van der Waals surface area contributed by atoms with E-state index in [4.69, 9.17) is 0 Å². The lowest BCUT2D eigenvalue weighted by molar-refractivity contribution is -0.354. The Bertz CT molecular complexity index is 836. The van der Waals surface area contributed by atoms with Crippen molar-refractivity contribution in [2.24, 2.45) is 0 Å². The number of benzene rings is 2. The first-order chi connectivity index (χ1) is 11.6. The quantitative estimate of drug-likeness (QED) is 0.292. The second-order valence-corrected chi connectivity index (χ2v) is 5.90. The SMILES string of the molecule is CC(C)(O)C#Cc1ccccc1/C=[N+](\[O-])c1ccc(C(F)(F)F)cc1. The van der Waals surface area contributed by atoms with E-state index >= 15 is 0 Å². The predicted molar refractivity (Wildman–Crippen MR) is 89.5 cm³/mol. The van der Waals surface area contributed by atoms with Gasteiger partial charge < -0.3 is 10.3 Å². The predicted octanol–water partition coefficient (Wildman–Crippen LogP) is 4.09. The molecule has 0 saturated heterocycles. The molecular weight excluding hydrogens is 331 g/mol. The number of hydrogen-bond donors (Lipinski definition) is 1. The molecule has 0 saturated carbocycles. The first-order valence-electron chi connectivity index (χ1n) is 7.39. The molecule has 2 aromatic rings. The molecule has 0 spiro atoms. The lowest BCUT2D eigenvalue weighted by Crippen LogP contribution is -2.14. The summed E-state index contributed by atoms with van der Waals surface area (Å²) >= 11 is 0. The zero-order valence-electron chi connectivity index (χ0n) is 13.6. The monoisotopic (exact) mass is 347 g/mol. The molecule has 0 unspecified atom stereocenters. The van der Waals surface area contributed by atoms with Crippen LogP contribution in [-0.2, 0) is 6.18 Å². The standard InChI is InChI=1S/C19H16F3NO2/c1-18(2,24)12-11-14-5-3-4-6-15(14)13-23(25)17-9-7-16(8-10-17)19(20,21)22/h3-10,13,24H,1-2H3/b23-13-. The third-order valence-electron chi connectivity index (χ3n) is 3.17. The van der Waals surface area contributed by atoms with Crippen LogP contribution < -0.4 is 0 Å². The highest BCUT2D eigenvalue weighted by Crippen LogP contribution is 2.30. The molecule has 0 bridgehead atoms. The molecule has 0 amide bonds. The third kappa shape index (κ3) is 5.37. The Morgan fingerprint density at radius 2 is 1.64 bits per heavy atom. The average Bonchev–Trinajstić information content (AvgIpc) is 2.52. The first kappa shape index (κ1) is 18.6. The number of halogens is 3. The fourth-order valence-electron chi connectivity index (χ4n) is 1.94. The van der Waals surface area contributed by atoms with Crippen LogP contribution in [0, 0.1) is 17.0 Å². The smallest absolute Gasteiger partial charge is 0.416 e. The molecule has 2 rings (SSSR count). The van der Waals surface area contributed by atoms with E-state index < -0.39 is 17.3 Å². The lowest BCUT2D eigenvalue weighted by Gasteiger charge is -2.08. The van der Waals surface area contributed by atoms with Crippen LogP contribution in [0.15, 0.2) is 48.5 Å². The molecule has 0 aromatic heterocycles. The van der Waals surface area contributed by atoms with E-state index in [-0.39, 0.29) is 5.69 Å². The van der Waals surface area contributed by atoms with E-state index in [0.29, 0.717) is 15.9 Å². The maximum atomic E-state index is 12.6. The van der Waals surface area contributed by atoms with Gasteiger partial charge in [-0.05, 0) is 38.1 Å². The second-order valence-electron chi connectivity index (χ2n) is 5.90. The summed E-state index contributed by atoms with van der Waals surface area (Å²) in [5, 5.41) is 21.9. The van der Waals surface area contributed by atoms with Crippen molar-refractivity contribution in [1.82, 2.24) is 0 Å². The van der Waals surface area contributed by atoms with Gasteiger partial charge in [0.15, 0.2) is 6.21 Å². The van der Waals surface area contributed by atoms with Crippen molar-refractivity contribution in [2.45, 2.75) is 25.6 Å². The fourth-order valence-corrected chi connectivity index (χ4v) is 1.94. The van der Waals surface area contributed by atoms with Crippen molar-refractivity contribution in [1.29, 1.82) is 0 Å². The summed E-state index contributed by atoms with van der Waals surface area (Å²) in [6.45, 7) is 3.07. The highest BCUT2D eigenvalue weighted by Gasteiger charge is 2.30. The Labute approximate surface area is 143 Å². The van der Waals surface area contributed by atoms with Crippen molar-refractivity contribution in [3.8, 4) is 11.8 Å². The molecule has 6 heteroatoms. The van der Waals surface area contributed by atoms with E-state index in [1.807, 2.05) is 0 Å². The topological polar surface area (TPSA) is 46.3 Å². The van der Waals surface area contributed by atoms with Crippen LogP contribution in [0.3, 0.4) is 0 Å². The second kappa shape index (κ2) is 6.99. The Morgan fingerprint density at radius 1 is 1.04 bits per heavy atom. The highest BCUT2D eigenvalue weighted by atomic mass is 19.4. The van der Waals surface area contributed by atoms with Gasteiger partial charge in [-0.15, -0.1) is 0 Å². The first-order valence-corrected chi connectivity index (χ1v) is 7.39. The van der Waals surface area contributed by atoms with Gasteiger partial charge in [0.05, 0.1) is 11.1 Å². The largest absolute Gasteiger partial charge is 0.618 e. The zero-order valence-corrected chi connectivity index (χ0v) is 13.6. The van der Waals surface area contributed by atoms with Gasteiger partial charge in [0, 0.05) is 17.7 Å². The minimum absolute atomic E-state index is 0.0678. The van der Waals surface area contributed by atoms with Gasteiger partial charge in [-0.3, -0.25) is 0 Å². The van der Waals surface area contributed by atoms with Crippen molar-refractivity contribution >= 4 is 11.9 Å². The Kier molecular flexibility index (Phi) is 5.19. The Morgan fingerprint density at radius 3 is 2.20 bits per heavy atom. The van der Waals surface area contributed by atoms with E-state index in [9.17, 15) is 23.5 Å². The maximum absolute atomic E-state index is 12.6. The van der Waals surface area contributed by atoms with Crippen molar-refractivity contribution in [2.75, 3.05) is 0 Å². The number of rotatable bonds is 2. The van der Waals surface area contributed by atoms with Gasteiger partial charge >= 0.3 is 6.18 Å². The van der Waals surface area contributed by atoms with Crippen LogP contribution in [0.2, 0.25) is 0 Å². The molecule has 0 atom stereocenters. The number of alkyl halides is 3. The minimum Gasteiger partial charge on any atom is -0.618 e. The van der Waals surface area contributed by atoms with Crippen molar-refractivity contribution in [3.63, 3.8) is 0 Å². The molecule has 1 N–H and O–H groups in total. The summed E-state index contributed by atoms with van der Waals surface area (Å²) in [5.74, 6) is 5.45. The number of aliphatic hydroxyl groups is 1. The molecule has 0 aliphatic rings. The van der Waals surface area contributed by atoms with Crippen LogP contribution in [-0.4, -0.2) is 21.7 Å². The van der Waals surface area contributed by atoms with E-state index in [2.05, 4.69) is 11.8 Å². The van der Waals surface area contributed by atoms with Gasteiger partial charge in [-0.2, -0.15) is 17.9 Å². The summed E-state index contributed by atoms with van der Waals surface area (Å²) < 4.78 is 38.2. The molecule has 0 heterocycles. The lowest BCUT2D eigenvalue weighted by atomic mass is 10.1. The summed E-state index contributed by atoms with van der Waals surface area (Å²) in [7, 11) is 0.